The average Bonchev–Trinajstić information content (AvgIpc) is 2.99. The number of rotatable bonds is 2. The van der Waals surface area contributed by atoms with Crippen LogP contribution in [0.15, 0.2) is 27.6 Å². The third kappa shape index (κ3) is 1.84. The van der Waals surface area contributed by atoms with Crippen LogP contribution < -0.4 is 11.3 Å². The minimum absolute atomic E-state index is 0.162. The second kappa shape index (κ2) is 4.06. The summed E-state index contributed by atoms with van der Waals surface area (Å²) in [5, 5.41) is 3.97. The zero-order chi connectivity index (χ0) is 12.6. The number of nitrogens with two attached hydrogens (primary N) is 1. The Labute approximate surface area is 103 Å². The Morgan fingerprint density at radius 3 is 2.78 bits per heavy atom. The van der Waals surface area contributed by atoms with E-state index in [1.807, 2.05) is 0 Å². The SMILES string of the molecule is NC1(c2noc(-c3ccc(=O)[nH]c3)n2)CCCC1. The van der Waals surface area contributed by atoms with Crippen molar-refractivity contribution in [1.29, 1.82) is 0 Å². The molecule has 1 saturated carbocycles. The topological polar surface area (TPSA) is 97.8 Å². The summed E-state index contributed by atoms with van der Waals surface area (Å²) in [6.07, 6.45) is 5.52. The summed E-state index contributed by atoms with van der Waals surface area (Å²) in [6, 6.07) is 3.07. The van der Waals surface area contributed by atoms with Gasteiger partial charge in [-0.15, -0.1) is 0 Å². The number of nitrogens with one attached hydrogen (secondary N) is 1. The fourth-order valence-corrected chi connectivity index (χ4v) is 2.32. The molecular formula is C12H14N4O2. The van der Waals surface area contributed by atoms with Crippen molar-refractivity contribution in [2.24, 2.45) is 5.73 Å². The van der Waals surface area contributed by atoms with Gasteiger partial charge in [0, 0.05) is 12.3 Å². The number of hydrogen-bond acceptors (Lipinski definition) is 5. The lowest BCUT2D eigenvalue weighted by atomic mass is 9.99. The molecule has 0 aromatic carbocycles. The molecule has 0 aliphatic heterocycles. The highest BCUT2D eigenvalue weighted by Crippen LogP contribution is 2.35. The number of nitrogens with zero attached hydrogens (tertiary/aromatic N) is 2. The molecule has 2 aromatic rings. The molecular weight excluding hydrogens is 232 g/mol. The van der Waals surface area contributed by atoms with Crippen LogP contribution in [0.5, 0.6) is 0 Å². The molecule has 6 nitrogen and oxygen atoms in total. The highest BCUT2D eigenvalue weighted by molar-refractivity contribution is 5.50. The molecule has 0 spiro atoms. The van der Waals surface area contributed by atoms with Gasteiger partial charge < -0.3 is 15.2 Å². The van der Waals surface area contributed by atoms with Crippen LogP contribution in [0.25, 0.3) is 11.5 Å². The molecule has 1 aliphatic carbocycles. The van der Waals surface area contributed by atoms with E-state index in [0.717, 1.165) is 25.7 Å². The van der Waals surface area contributed by atoms with E-state index < -0.39 is 5.54 Å². The Bertz CT molecular complexity index is 590. The number of pyridine rings is 1. The van der Waals surface area contributed by atoms with E-state index >= 15 is 0 Å². The van der Waals surface area contributed by atoms with E-state index in [1.54, 1.807) is 12.3 Å². The number of hydrogen-bond donors (Lipinski definition) is 2. The number of aromatic amines is 1. The summed E-state index contributed by atoms with van der Waals surface area (Å²) in [5.74, 6) is 0.944. The van der Waals surface area contributed by atoms with E-state index in [-0.39, 0.29) is 5.56 Å². The van der Waals surface area contributed by atoms with E-state index in [1.165, 1.54) is 6.07 Å². The van der Waals surface area contributed by atoms with Crippen molar-refractivity contribution < 1.29 is 4.52 Å². The molecule has 18 heavy (non-hydrogen) atoms. The molecule has 2 aromatic heterocycles. The zero-order valence-corrected chi connectivity index (χ0v) is 9.85. The third-order valence-electron chi connectivity index (χ3n) is 3.40. The van der Waals surface area contributed by atoms with Crippen LogP contribution in [-0.4, -0.2) is 15.1 Å². The Morgan fingerprint density at radius 2 is 2.11 bits per heavy atom. The lowest BCUT2D eigenvalue weighted by Crippen LogP contribution is -2.34. The normalized spacial score (nSPS) is 18.1. The summed E-state index contributed by atoms with van der Waals surface area (Å²) in [7, 11) is 0. The zero-order valence-electron chi connectivity index (χ0n) is 9.85. The van der Waals surface area contributed by atoms with Gasteiger partial charge in [-0.1, -0.05) is 18.0 Å². The van der Waals surface area contributed by atoms with Crippen LogP contribution in [0.3, 0.4) is 0 Å². The van der Waals surface area contributed by atoms with Gasteiger partial charge in [0.15, 0.2) is 5.82 Å². The van der Waals surface area contributed by atoms with E-state index in [0.29, 0.717) is 17.3 Å². The predicted octanol–water partition coefficient (Wildman–Crippen LogP) is 1.15. The third-order valence-corrected chi connectivity index (χ3v) is 3.40. The molecule has 0 radical (unpaired) electrons. The van der Waals surface area contributed by atoms with Crippen LogP contribution in [0, 0.1) is 0 Å². The van der Waals surface area contributed by atoms with Crippen LogP contribution in [-0.2, 0) is 5.54 Å². The van der Waals surface area contributed by atoms with Gasteiger partial charge in [-0.05, 0) is 18.9 Å². The van der Waals surface area contributed by atoms with E-state index in [2.05, 4.69) is 15.1 Å². The maximum Gasteiger partial charge on any atom is 0.259 e. The van der Waals surface area contributed by atoms with Crippen molar-refractivity contribution >= 4 is 0 Å². The maximum absolute atomic E-state index is 11.0. The quantitative estimate of drug-likeness (QED) is 0.828. The molecule has 6 heteroatoms. The highest BCUT2D eigenvalue weighted by atomic mass is 16.5. The lowest BCUT2D eigenvalue weighted by Gasteiger charge is -2.17. The van der Waals surface area contributed by atoms with Gasteiger partial charge in [0.05, 0.1) is 11.1 Å². The van der Waals surface area contributed by atoms with Gasteiger partial charge in [0.2, 0.25) is 5.56 Å². The monoisotopic (exact) mass is 246 g/mol. The molecule has 94 valence electrons. The first-order valence-corrected chi connectivity index (χ1v) is 6.00. The van der Waals surface area contributed by atoms with Crippen LogP contribution >= 0.6 is 0 Å². The molecule has 0 unspecified atom stereocenters. The molecule has 2 heterocycles. The van der Waals surface area contributed by atoms with E-state index in [9.17, 15) is 4.79 Å². The molecule has 0 bridgehead atoms. The molecule has 0 saturated heterocycles. The maximum atomic E-state index is 11.0. The fourth-order valence-electron chi connectivity index (χ4n) is 2.32. The molecule has 1 aliphatic rings. The first-order valence-electron chi connectivity index (χ1n) is 6.00. The summed E-state index contributed by atoms with van der Waals surface area (Å²) in [5.41, 5.74) is 6.33. The molecule has 0 atom stereocenters. The number of H-pyrrole nitrogens is 1. The van der Waals surface area contributed by atoms with Crippen LogP contribution in [0.1, 0.15) is 31.5 Å². The Balaban J connectivity index is 1.94. The Kier molecular flexibility index (Phi) is 2.52. The van der Waals surface area contributed by atoms with Crippen molar-refractivity contribution in [2.45, 2.75) is 31.2 Å². The van der Waals surface area contributed by atoms with Crippen molar-refractivity contribution in [1.82, 2.24) is 15.1 Å². The van der Waals surface area contributed by atoms with Gasteiger partial charge in [0.25, 0.3) is 5.89 Å². The Morgan fingerprint density at radius 1 is 1.33 bits per heavy atom. The minimum Gasteiger partial charge on any atom is -0.334 e. The highest BCUT2D eigenvalue weighted by Gasteiger charge is 2.36. The molecule has 3 N–H and O–H groups in total. The first-order chi connectivity index (χ1) is 8.67. The minimum atomic E-state index is -0.454. The van der Waals surface area contributed by atoms with Crippen LogP contribution in [0.2, 0.25) is 0 Å². The molecule has 0 amide bonds. The standard InChI is InChI=1S/C12H14N4O2/c13-12(5-1-2-6-12)11-15-10(18-16-11)8-3-4-9(17)14-7-8/h3-4,7H,1-2,5-6,13H2,(H,14,17). The second-order valence-electron chi connectivity index (χ2n) is 4.73. The van der Waals surface area contributed by atoms with Gasteiger partial charge in [-0.2, -0.15) is 4.98 Å². The van der Waals surface area contributed by atoms with Crippen molar-refractivity contribution in [3.63, 3.8) is 0 Å². The summed E-state index contributed by atoms with van der Waals surface area (Å²) < 4.78 is 5.21. The van der Waals surface area contributed by atoms with Crippen LogP contribution in [0.4, 0.5) is 0 Å². The van der Waals surface area contributed by atoms with Crippen molar-refractivity contribution in [2.75, 3.05) is 0 Å². The average molecular weight is 246 g/mol. The number of aromatic nitrogens is 3. The van der Waals surface area contributed by atoms with Crippen molar-refractivity contribution in [3.05, 3.63) is 34.5 Å². The summed E-state index contributed by atoms with van der Waals surface area (Å²) >= 11 is 0. The lowest BCUT2D eigenvalue weighted by molar-refractivity contribution is 0.372. The predicted molar refractivity (Wildman–Crippen MR) is 64.7 cm³/mol. The fraction of sp³-hybridized carbons (Fsp3) is 0.417. The molecule has 1 fully saturated rings. The van der Waals surface area contributed by atoms with Gasteiger partial charge in [-0.25, -0.2) is 0 Å². The largest absolute Gasteiger partial charge is 0.334 e. The van der Waals surface area contributed by atoms with Gasteiger partial charge in [0.1, 0.15) is 0 Å². The first kappa shape index (κ1) is 11.2. The Hall–Kier alpha value is -1.95. The van der Waals surface area contributed by atoms with Gasteiger partial charge in [-0.3, -0.25) is 4.79 Å². The summed E-state index contributed by atoms with van der Waals surface area (Å²) in [6.45, 7) is 0. The van der Waals surface area contributed by atoms with E-state index in [4.69, 9.17) is 10.3 Å². The molecule has 3 rings (SSSR count). The smallest absolute Gasteiger partial charge is 0.259 e. The van der Waals surface area contributed by atoms with Gasteiger partial charge >= 0.3 is 0 Å². The summed E-state index contributed by atoms with van der Waals surface area (Å²) in [4.78, 5) is 17.9. The second-order valence-corrected chi connectivity index (χ2v) is 4.73. The van der Waals surface area contributed by atoms with Crippen molar-refractivity contribution in [3.8, 4) is 11.5 Å².